The first-order chi connectivity index (χ1) is 10.1. The van der Waals surface area contributed by atoms with Crippen molar-refractivity contribution in [2.75, 3.05) is 17.7 Å². The number of nitro groups is 1. The number of ether oxygens (including phenoxy) is 1. The van der Waals surface area contributed by atoms with Crippen LogP contribution in [0, 0.1) is 10.1 Å². The van der Waals surface area contributed by atoms with Gasteiger partial charge in [-0.3, -0.25) is 10.1 Å². The highest BCUT2D eigenvalue weighted by molar-refractivity contribution is 5.58. The molecule has 108 valence electrons. The highest BCUT2D eigenvalue weighted by Crippen LogP contribution is 2.34. The summed E-state index contributed by atoms with van der Waals surface area (Å²) in [5, 5.41) is 14.0. The summed E-state index contributed by atoms with van der Waals surface area (Å²) in [5.41, 5.74) is 6.46. The number of hydrogen-bond acceptors (Lipinski definition) is 6. The molecule has 0 saturated carbocycles. The van der Waals surface area contributed by atoms with Crippen LogP contribution in [0.15, 0.2) is 36.4 Å². The first-order valence-electron chi connectivity index (χ1n) is 6.54. The number of hydrogen-bond donors (Lipinski definition) is 2. The van der Waals surface area contributed by atoms with Crippen LogP contribution in [-0.4, -0.2) is 16.5 Å². The number of aromatic nitrogens is 1. The summed E-state index contributed by atoms with van der Waals surface area (Å²) in [5.74, 6) is 1.27. The lowest BCUT2D eigenvalue weighted by Gasteiger charge is -2.27. The lowest BCUT2D eigenvalue weighted by atomic mass is 10.0. The van der Waals surface area contributed by atoms with E-state index in [0.29, 0.717) is 12.4 Å². The number of nitrogens with one attached hydrogen (secondary N) is 1. The molecule has 1 unspecified atom stereocenters. The number of fused-ring (bicyclic) bond motifs is 1. The van der Waals surface area contributed by atoms with Gasteiger partial charge in [-0.25, -0.2) is 4.98 Å². The third-order valence-electron chi connectivity index (χ3n) is 3.38. The zero-order chi connectivity index (χ0) is 14.8. The Morgan fingerprint density at radius 1 is 1.33 bits per heavy atom. The molecule has 0 radical (unpaired) electrons. The van der Waals surface area contributed by atoms with Gasteiger partial charge in [0.25, 0.3) is 0 Å². The van der Waals surface area contributed by atoms with Crippen LogP contribution in [-0.2, 0) is 0 Å². The van der Waals surface area contributed by atoms with Crippen LogP contribution in [0.5, 0.6) is 5.75 Å². The Labute approximate surface area is 120 Å². The number of rotatable bonds is 3. The molecule has 0 fully saturated rings. The maximum atomic E-state index is 10.7. The number of nitrogens with zero attached hydrogens (tertiary/aromatic N) is 2. The minimum Gasteiger partial charge on any atom is -0.493 e. The van der Waals surface area contributed by atoms with E-state index in [4.69, 9.17) is 10.5 Å². The third-order valence-corrected chi connectivity index (χ3v) is 3.38. The van der Waals surface area contributed by atoms with Gasteiger partial charge in [-0.1, -0.05) is 18.2 Å². The molecule has 1 aromatic heterocycles. The maximum absolute atomic E-state index is 10.7. The van der Waals surface area contributed by atoms with Crippen LogP contribution < -0.4 is 15.8 Å². The molecule has 1 atom stereocenters. The molecule has 7 nitrogen and oxygen atoms in total. The summed E-state index contributed by atoms with van der Waals surface area (Å²) < 4.78 is 5.59. The zero-order valence-electron chi connectivity index (χ0n) is 11.2. The Balaban J connectivity index is 1.85. The summed E-state index contributed by atoms with van der Waals surface area (Å²) in [6.07, 6.45) is 0.787. The summed E-state index contributed by atoms with van der Waals surface area (Å²) in [6, 6.07) is 10.7. The molecule has 2 aromatic rings. The van der Waals surface area contributed by atoms with Gasteiger partial charge in [0.1, 0.15) is 11.6 Å². The number of nitrogen functional groups attached to an aromatic ring is 1. The Morgan fingerprint density at radius 2 is 2.14 bits per heavy atom. The molecule has 0 spiro atoms. The fourth-order valence-electron chi connectivity index (χ4n) is 2.37. The molecule has 2 heterocycles. The molecule has 3 rings (SSSR count). The van der Waals surface area contributed by atoms with Gasteiger partial charge in [0.05, 0.1) is 17.6 Å². The average molecular weight is 286 g/mol. The van der Waals surface area contributed by atoms with Gasteiger partial charge in [0.15, 0.2) is 0 Å². The molecule has 1 aromatic carbocycles. The molecule has 21 heavy (non-hydrogen) atoms. The van der Waals surface area contributed by atoms with E-state index in [1.165, 1.54) is 6.07 Å². The second-order valence-corrected chi connectivity index (χ2v) is 4.73. The van der Waals surface area contributed by atoms with E-state index in [1.807, 2.05) is 24.3 Å². The van der Waals surface area contributed by atoms with Gasteiger partial charge in [-0.05, 0) is 12.1 Å². The van der Waals surface area contributed by atoms with Crippen LogP contribution in [0.4, 0.5) is 17.3 Å². The Bertz CT molecular complexity index is 690. The average Bonchev–Trinajstić information content (AvgIpc) is 2.47. The minimum atomic E-state index is -0.546. The van der Waals surface area contributed by atoms with E-state index in [1.54, 1.807) is 6.07 Å². The number of anilines is 2. The van der Waals surface area contributed by atoms with Crippen molar-refractivity contribution in [3.63, 3.8) is 0 Å². The van der Waals surface area contributed by atoms with Gasteiger partial charge < -0.3 is 15.8 Å². The van der Waals surface area contributed by atoms with Crippen LogP contribution in [0.1, 0.15) is 18.0 Å². The van der Waals surface area contributed by atoms with E-state index in [2.05, 4.69) is 10.3 Å². The fourth-order valence-corrected chi connectivity index (χ4v) is 2.37. The minimum absolute atomic E-state index is 0.0447. The standard InChI is InChI=1S/C14H14N4O3/c15-14-11(18(19)20)5-6-13(17-14)16-10-7-8-21-12-4-2-1-3-9(10)12/h1-6,10H,7-8H2,(H3,15,16,17). The van der Waals surface area contributed by atoms with Crippen molar-refractivity contribution in [2.45, 2.75) is 12.5 Å². The molecular formula is C14H14N4O3. The quantitative estimate of drug-likeness (QED) is 0.663. The topological polar surface area (TPSA) is 103 Å². The SMILES string of the molecule is Nc1nc(NC2CCOc3ccccc32)ccc1[N+](=O)[O-]. The Morgan fingerprint density at radius 3 is 2.90 bits per heavy atom. The first kappa shape index (κ1) is 13.2. The second kappa shape index (κ2) is 5.28. The van der Waals surface area contributed by atoms with Crippen molar-refractivity contribution < 1.29 is 9.66 Å². The number of benzene rings is 1. The normalized spacial score (nSPS) is 16.7. The van der Waals surface area contributed by atoms with Crippen LogP contribution in [0.3, 0.4) is 0 Å². The molecule has 7 heteroatoms. The van der Waals surface area contributed by atoms with Crippen molar-refractivity contribution in [3.05, 3.63) is 52.1 Å². The zero-order valence-corrected chi connectivity index (χ0v) is 11.2. The summed E-state index contributed by atoms with van der Waals surface area (Å²) in [6.45, 7) is 0.608. The van der Waals surface area contributed by atoms with E-state index in [9.17, 15) is 10.1 Å². The van der Waals surface area contributed by atoms with Crippen molar-refractivity contribution >= 4 is 17.3 Å². The summed E-state index contributed by atoms with van der Waals surface area (Å²) >= 11 is 0. The molecule has 0 amide bonds. The Kier molecular flexibility index (Phi) is 3.31. The predicted octanol–water partition coefficient (Wildman–Crippen LogP) is 2.51. The molecular weight excluding hydrogens is 272 g/mol. The summed E-state index contributed by atoms with van der Waals surface area (Å²) in [4.78, 5) is 14.2. The maximum Gasteiger partial charge on any atom is 0.311 e. The monoisotopic (exact) mass is 286 g/mol. The third kappa shape index (κ3) is 2.58. The fraction of sp³-hybridized carbons (Fsp3) is 0.214. The van der Waals surface area contributed by atoms with E-state index < -0.39 is 4.92 Å². The molecule has 0 aliphatic carbocycles. The first-order valence-corrected chi connectivity index (χ1v) is 6.54. The van der Waals surface area contributed by atoms with E-state index in [-0.39, 0.29) is 17.5 Å². The van der Waals surface area contributed by atoms with Crippen molar-refractivity contribution in [3.8, 4) is 5.75 Å². The van der Waals surface area contributed by atoms with Gasteiger partial charge in [-0.2, -0.15) is 0 Å². The molecule has 1 aliphatic heterocycles. The molecule has 1 aliphatic rings. The lowest BCUT2D eigenvalue weighted by molar-refractivity contribution is -0.384. The van der Waals surface area contributed by atoms with Gasteiger partial charge in [0, 0.05) is 18.1 Å². The number of para-hydroxylation sites is 1. The highest BCUT2D eigenvalue weighted by atomic mass is 16.6. The predicted molar refractivity (Wildman–Crippen MR) is 78.2 cm³/mol. The number of nitrogens with two attached hydrogens (primary N) is 1. The van der Waals surface area contributed by atoms with Gasteiger partial charge >= 0.3 is 5.69 Å². The van der Waals surface area contributed by atoms with Crippen LogP contribution >= 0.6 is 0 Å². The van der Waals surface area contributed by atoms with Crippen molar-refractivity contribution in [1.29, 1.82) is 0 Å². The smallest absolute Gasteiger partial charge is 0.311 e. The van der Waals surface area contributed by atoms with E-state index in [0.717, 1.165) is 17.7 Å². The van der Waals surface area contributed by atoms with Crippen molar-refractivity contribution in [2.24, 2.45) is 0 Å². The summed E-state index contributed by atoms with van der Waals surface area (Å²) in [7, 11) is 0. The second-order valence-electron chi connectivity index (χ2n) is 4.73. The largest absolute Gasteiger partial charge is 0.493 e. The van der Waals surface area contributed by atoms with Crippen molar-refractivity contribution in [1.82, 2.24) is 4.98 Å². The lowest BCUT2D eigenvalue weighted by Crippen LogP contribution is -2.20. The van der Waals surface area contributed by atoms with Crippen LogP contribution in [0.2, 0.25) is 0 Å². The van der Waals surface area contributed by atoms with E-state index >= 15 is 0 Å². The number of pyridine rings is 1. The van der Waals surface area contributed by atoms with Crippen LogP contribution in [0.25, 0.3) is 0 Å². The Hall–Kier alpha value is -2.83. The van der Waals surface area contributed by atoms with Gasteiger partial charge in [-0.15, -0.1) is 0 Å². The highest BCUT2D eigenvalue weighted by Gasteiger charge is 2.22. The molecule has 0 saturated heterocycles. The van der Waals surface area contributed by atoms with Gasteiger partial charge in [0.2, 0.25) is 5.82 Å². The molecule has 0 bridgehead atoms. The molecule has 3 N–H and O–H groups in total.